The first-order valence-corrected chi connectivity index (χ1v) is 10.9. The van der Waals surface area contributed by atoms with Crippen molar-refractivity contribution in [1.29, 1.82) is 0 Å². The molecule has 152 valence electrons. The van der Waals surface area contributed by atoms with Crippen LogP contribution in [-0.4, -0.2) is 23.0 Å². The lowest BCUT2D eigenvalue weighted by atomic mass is 10.0. The maximum atomic E-state index is 13.5. The Hall–Kier alpha value is -3.12. The summed E-state index contributed by atoms with van der Waals surface area (Å²) in [6.07, 6.45) is 2.05. The number of hydrogen-bond acceptors (Lipinski definition) is 3. The van der Waals surface area contributed by atoms with Crippen molar-refractivity contribution in [2.75, 3.05) is 11.6 Å². The van der Waals surface area contributed by atoms with E-state index >= 15 is 0 Å². The quantitative estimate of drug-likeness (QED) is 0.553. The molecule has 3 aromatic rings. The van der Waals surface area contributed by atoms with Crippen molar-refractivity contribution in [1.82, 2.24) is 4.90 Å². The fraction of sp³-hybridized carbons (Fsp3) is 0.167. The number of amides is 2. The molecule has 0 spiro atoms. The molecule has 0 saturated carbocycles. The van der Waals surface area contributed by atoms with Crippen LogP contribution in [0.3, 0.4) is 0 Å². The minimum atomic E-state index is -0.491. The van der Waals surface area contributed by atoms with Gasteiger partial charge >= 0.3 is 0 Å². The highest BCUT2D eigenvalue weighted by Gasteiger charge is 2.34. The number of rotatable bonds is 6. The molecule has 30 heavy (non-hydrogen) atoms. The zero-order valence-electron chi connectivity index (χ0n) is 16.5. The van der Waals surface area contributed by atoms with E-state index < -0.39 is 6.04 Å². The summed E-state index contributed by atoms with van der Waals surface area (Å²) >= 11 is 1.60. The molecule has 2 amide bonds. The highest BCUT2D eigenvalue weighted by atomic mass is 32.2. The summed E-state index contributed by atoms with van der Waals surface area (Å²) in [7, 11) is 0. The molecule has 4 nitrogen and oxygen atoms in total. The molecule has 1 atom stereocenters. The third-order valence-electron chi connectivity index (χ3n) is 5.21. The standard InChI is InChI=1S/C24H21FN2O2S/c1-30-20-7-4-6-19(13-20)26-23(28)14-22(16-9-11-18(25)12-10-16)27-15-17-5-2-3-8-21(17)24(27)29/h2-13,22H,14-15H2,1H3,(H,26,28). The summed E-state index contributed by atoms with van der Waals surface area (Å²) in [6.45, 7) is 0.423. The van der Waals surface area contributed by atoms with Gasteiger partial charge in [-0.1, -0.05) is 36.4 Å². The number of halogens is 1. The molecule has 0 saturated heterocycles. The van der Waals surface area contributed by atoms with Crippen molar-refractivity contribution < 1.29 is 14.0 Å². The number of hydrogen-bond donors (Lipinski definition) is 1. The minimum absolute atomic E-state index is 0.0782. The lowest BCUT2D eigenvalue weighted by Gasteiger charge is -2.28. The van der Waals surface area contributed by atoms with Crippen LogP contribution in [0.5, 0.6) is 0 Å². The van der Waals surface area contributed by atoms with Crippen LogP contribution < -0.4 is 5.32 Å². The topological polar surface area (TPSA) is 49.4 Å². The fourth-order valence-corrected chi connectivity index (χ4v) is 4.17. The van der Waals surface area contributed by atoms with Gasteiger partial charge in [-0.2, -0.15) is 0 Å². The van der Waals surface area contributed by atoms with Crippen molar-refractivity contribution in [3.05, 3.63) is 95.3 Å². The minimum Gasteiger partial charge on any atom is -0.327 e. The summed E-state index contributed by atoms with van der Waals surface area (Å²) in [4.78, 5) is 28.6. The Balaban J connectivity index is 1.59. The smallest absolute Gasteiger partial charge is 0.255 e. The Morgan fingerprint density at radius 2 is 1.87 bits per heavy atom. The largest absolute Gasteiger partial charge is 0.327 e. The van der Waals surface area contributed by atoms with Crippen molar-refractivity contribution in [2.24, 2.45) is 0 Å². The van der Waals surface area contributed by atoms with Gasteiger partial charge in [0.15, 0.2) is 0 Å². The molecule has 3 aromatic carbocycles. The first-order chi connectivity index (χ1) is 14.5. The molecule has 0 radical (unpaired) electrons. The summed E-state index contributed by atoms with van der Waals surface area (Å²) in [5.41, 5.74) is 3.02. The molecular formula is C24H21FN2O2S. The van der Waals surface area contributed by atoms with E-state index in [4.69, 9.17) is 0 Å². The van der Waals surface area contributed by atoms with Gasteiger partial charge in [0.2, 0.25) is 5.91 Å². The van der Waals surface area contributed by atoms with Gasteiger partial charge in [0, 0.05) is 22.7 Å². The van der Waals surface area contributed by atoms with Crippen LogP contribution in [0.4, 0.5) is 10.1 Å². The van der Waals surface area contributed by atoms with E-state index in [0.717, 1.165) is 16.0 Å². The average Bonchev–Trinajstić information content (AvgIpc) is 3.09. The van der Waals surface area contributed by atoms with Crippen LogP contribution in [0.15, 0.2) is 77.7 Å². The lowest BCUT2D eigenvalue weighted by Crippen LogP contribution is -2.32. The Morgan fingerprint density at radius 3 is 2.60 bits per heavy atom. The third kappa shape index (κ3) is 4.24. The maximum absolute atomic E-state index is 13.5. The van der Waals surface area contributed by atoms with Gasteiger partial charge in [-0.15, -0.1) is 11.8 Å². The Labute approximate surface area is 179 Å². The van der Waals surface area contributed by atoms with Crippen LogP contribution in [0.2, 0.25) is 0 Å². The number of nitrogens with zero attached hydrogens (tertiary/aromatic N) is 1. The second-order valence-electron chi connectivity index (χ2n) is 7.14. The van der Waals surface area contributed by atoms with Crippen molar-refractivity contribution in [3.63, 3.8) is 0 Å². The van der Waals surface area contributed by atoms with Crippen LogP contribution in [0.1, 0.15) is 33.9 Å². The van der Waals surface area contributed by atoms with Crippen molar-refractivity contribution in [3.8, 4) is 0 Å². The van der Waals surface area contributed by atoms with Crippen LogP contribution in [0.25, 0.3) is 0 Å². The summed E-state index contributed by atoms with van der Waals surface area (Å²) in [5, 5.41) is 2.92. The highest BCUT2D eigenvalue weighted by molar-refractivity contribution is 7.98. The lowest BCUT2D eigenvalue weighted by molar-refractivity contribution is -0.117. The average molecular weight is 421 g/mol. The third-order valence-corrected chi connectivity index (χ3v) is 5.94. The van der Waals surface area contributed by atoms with Crippen LogP contribution in [-0.2, 0) is 11.3 Å². The van der Waals surface area contributed by atoms with E-state index in [1.54, 1.807) is 34.9 Å². The van der Waals surface area contributed by atoms with Crippen molar-refractivity contribution in [2.45, 2.75) is 23.9 Å². The Kier molecular flexibility index (Phi) is 5.86. The predicted molar refractivity (Wildman–Crippen MR) is 117 cm³/mol. The van der Waals surface area contributed by atoms with E-state index in [1.807, 2.05) is 48.7 Å². The second-order valence-corrected chi connectivity index (χ2v) is 8.02. The van der Waals surface area contributed by atoms with Crippen LogP contribution >= 0.6 is 11.8 Å². The van der Waals surface area contributed by atoms with Gasteiger partial charge < -0.3 is 10.2 Å². The summed E-state index contributed by atoms with van der Waals surface area (Å²) in [6, 6.07) is 20.5. The summed E-state index contributed by atoms with van der Waals surface area (Å²) < 4.78 is 13.5. The predicted octanol–water partition coefficient (Wildman–Crippen LogP) is 5.27. The normalized spacial score (nSPS) is 13.8. The first-order valence-electron chi connectivity index (χ1n) is 9.63. The molecule has 0 aromatic heterocycles. The number of nitrogens with one attached hydrogen (secondary N) is 1. The molecule has 1 unspecified atom stereocenters. The summed E-state index contributed by atoms with van der Waals surface area (Å²) in [5.74, 6) is -0.671. The number of carbonyl (C=O) groups is 2. The molecule has 1 aliphatic heterocycles. The molecule has 4 rings (SSSR count). The van der Waals surface area contributed by atoms with E-state index in [9.17, 15) is 14.0 Å². The number of carbonyl (C=O) groups excluding carboxylic acids is 2. The molecule has 1 heterocycles. The van der Waals surface area contributed by atoms with E-state index in [2.05, 4.69) is 5.32 Å². The van der Waals surface area contributed by atoms with Gasteiger partial charge in [0.1, 0.15) is 5.82 Å². The molecule has 0 aliphatic carbocycles. The number of benzene rings is 3. The molecule has 1 aliphatic rings. The molecule has 1 N–H and O–H groups in total. The van der Waals surface area contributed by atoms with Gasteiger partial charge in [0.25, 0.3) is 5.91 Å². The van der Waals surface area contributed by atoms with Gasteiger partial charge in [-0.3, -0.25) is 9.59 Å². The number of fused-ring (bicyclic) bond motifs is 1. The number of anilines is 1. The monoisotopic (exact) mass is 420 g/mol. The Bertz CT molecular complexity index is 1080. The first kappa shape index (κ1) is 20.2. The molecular weight excluding hydrogens is 399 g/mol. The van der Waals surface area contributed by atoms with Gasteiger partial charge in [0.05, 0.1) is 12.5 Å². The van der Waals surface area contributed by atoms with E-state index in [0.29, 0.717) is 17.8 Å². The molecule has 0 bridgehead atoms. The Morgan fingerprint density at radius 1 is 1.10 bits per heavy atom. The zero-order valence-corrected chi connectivity index (χ0v) is 17.3. The SMILES string of the molecule is CSc1cccc(NC(=O)CC(c2ccc(F)cc2)N2Cc3ccccc3C2=O)c1. The van der Waals surface area contributed by atoms with Crippen LogP contribution in [0, 0.1) is 5.82 Å². The molecule has 6 heteroatoms. The molecule has 0 fully saturated rings. The number of thioether (sulfide) groups is 1. The van der Waals surface area contributed by atoms with Gasteiger partial charge in [-0.25, -0.2) is 4.39 Å². The van der Waals surface area contributed by atoms with Crippen molar-refractivity contribution >= 4 is 29.3 Å². The zero-order chi connectivity index (χ0) is 21.1. The second kappa shape index (κ2) is 8.71. The highest BCUT2D eigenvalue weighted by Crippen LogP contribution is 2.34. The van der Waals surface area contributed by atoms with E-state index in [1.165, 1.54) is 12.1 Å². The maximum Gasteiger partial charge on any atom is 0.255 e. The fourth-order valence-electron chi connectivity index (χ4n) is 3.71. The van der Waals surface area contributed by atoms with E-state index in [-0.39, 0.29) is 24.1 Å². The van der Waals surface area contributed by atoms with Gasteiger partial charge in [-0.05, 0) is 53.8 Å².